The standard InChI is InChI=1S/C24H31NO2/c1-15-18(11-10-17-16-8-5-6-9-19(16)25-22(17)27)24(4)13-7-12-23(2,3)21(24)14-20(15)26/h5-6,8-10,18,20-21,26H,1,7,11-14H2,2-4H3,(H,25,27)/b17-10+/t18-,20+,21-,24+/m0/s1. The third kappa shape index (κ3) is 2.87. The van der Waals surface area contributed by atoms with Gasteiger partial charge in [-0.1, -0.05) is 58.0 Å². The number of aliphatic hydroxyl groups is 1. The largest absolute Gasteiger partial charge is 0.389 e. The molecule has 0 spiro atoms. The summed E-state index contributed by atoms with van der Waals surface area (Å²) < 4.78 is 0. The second kappa shape index (κ2) is 6.34. The van der Waals surface area contributed by atoms with E-state index in [1.54, 1.807) is 0 Å². The molecule has 1 amide bonds. The summed E-state index contributed by atoms with van der Waals surface area (Å²) in [6.07, 6.45) is 6.83. The first-order valence-electron chi connectivity index (χ1n) is 10.2. The summed E-state index contributed by atoms with van der Waals surface area (Å²) in [6.45, 7) is 11.4. The lowest BCUT2D eigenvalue weighted by Gasteiger charge is -2.59. The smallest absolute Gasteiger partial charge is 0.256 e. The Morgan fingerprint density at radius 2 is 2.00 bits per heavy atom. The molecule has 144 valence electrons. The topological polar surface area (TPSA) is 49.3 Å². The van der Waals surface area contributed by atoms with Crippen LogP contribution in [0.4, 0.5) is 5.69 Å². The first-order valence-corrected chi connectivity index (χ1v) is 10.2. The maximum absolute atomic E-state index is 12.5. The van der Waals surface area contributed by atoms with Gasteiger partial charge in [0.25, 0.3) is 5.91 Å². The van der Waals surface area contributed by atoms with E-state index in [9.17, 15) is 9.90 Å². The van der Waals surface area contributed by atoms with Crippen molar-refractivity contribution in [3.8, 4) is 0 Å². The number of carbonyl (C=O) groups is 1. The van der Waals surface area contributed by atoms with E-state index in [1.807, 2.05) is 24.3 Å². The number of fused-ring (bicyclic) bond motifs is 2. The zero-order valence-electron chi connectivity index (χ0n) is 16.7. The highest BCUT2D eigenvalue weighted by Gasteiger charge is 2.54. The minimum absolute atomic E-state index is 0.0242. The quantitative estimate of drug-likeness (QED) is 0.560. The fraction of sp³-hybridized carbons (Fsp3) is 0.542. The predicted octanol–water partition coefficient (Wildman–Crippen LogP) is 5.18. The van der Waals surface area contributed by atoms with Crippen molar-refractivity contribution in [2.24, 2.45) is 22.7 Å². The third-order valence-corrected chi connectivity index (χ3v) is 7.67. The second-order valence-electron chi connectivity index (χ2n) is 9.63. The number of benzene rings is 1. The number of rotatable bonds is 2. The van der Waals surface area contributed by atoms with Gasteiger partial charge in [0.05, 0.1) is 6.10 Å². The van der Waals surface area contributed by atoms with Gasteiger partial charge in [-0.15, -0.1) is 0 Å². The molecule has 1 heterocycles. The van der Waals surface area contributed by atoms with Crippen molar-refractivity contribution < 1.29 is 9.90 Å². The Kier molecular flexibility index (Phi) is 4.34. The van der Waals surface area contributed by atoms with E-state index >= 15 is 0 Å². The van der Waals surface area contributed by atoms with E-state index in [4.69, 9.17) is 0 Å². The highest BCUT2D eigenvalue weighted by atomic mass is 16.3. The number of para-hydroxylation sites is 1. The third-order valence-electron chi connectivity index (χ3n) is 7.67. The minimum atomic E-state index is -0.437. The van der Waals surface area contributed by atoms with Crippen LogP contribution in [0.25, 0.3) is 5.57 Å². The Bertz CT molecular complexity index is 821. The maximum atomic E-state index is 12.5. The Hall–Kier alpha value is -1.87. The van der Waals surface area contributed by atoms with Crippen molar-refractivity contribution in [1.29, 1.82) is 0 Å². The lowest BCUT2D eigenvalue weighted by atomic mass is 9.46. The van der Waals surface area contributed by atoms with Crippen LogP contribution in [-0.2, 0) is 4.79 Å². The summed E-state index contributed by atoms with van der Waals surface area (Å²) in [6, 6.07) is 7.85. The zero-order chi connectivity index (χ0) is 19.4. The van der Waals surface area contributed by atoms with Crippen LogP contribution in [0.1, 0.15) is 58.4 Å². The molecule has 27 heavy (non-hydrogen) atoms. The fourth-order valence-electron chi connectivity index (χ4n) is 6.20. The van der Waals surface area contributed by atoms with Crippen molar-refractivity contribution in [3.63, 3.8) is 0 Å². The fourth-order valence-corrected chi connectivity index (χ4v) is 6.20. The molecule has 1 aromatic carbocycles. The van der Waals surface area contributed by atoms with Gasteiger partial charge in [0.2, 0.25) is 0 Å². The SMILES string of the molecule is C=C1[C@H](O)C[C@H]2C(C)(C)CCC[C@]2(C)[C@H]1C/C=C1/C(=O)Nc2ccccc21. The Morgan fingerprint density at radius 3 is 2.78 bits per heavy atom. The van der Waals surface area contributed by atoms with Crippen LogP contribution in [0.15, 0.2) is 42.5 Å². The number of amides is 1. The van der Waals surface area contributed by atoms with Gasteiger partial charge in [-0.25, -0.2) is 0 Å². The van der Waals surface area contributed by atoms with Gasteiger partial charge in [0.1, 0.15) is 0 Å². The number of hydrogen-bond acceptors (Lipinski definition) is 2. The van der Waals surface area contributed by atoms with E-state index in [2.05, 4.69) is 38.7 Å². The van der Waals surface area contributed by atoms with E-state index in [0.29, 0.717) is 5.92 Å². The highest BCUT2D eigenvalue weighted by Crippen LogP contribution is 2.61. The summed E-state index contributed by atoms with van der Waals surface area (Å²) in [5.74, 6) is 0.662. The monoisotopic (exact) mass is 365 g/mol. The Balaban J connectivity index is 1.68. The van der Waals surface area contributed by atoms with Crippen LogP contribution in [-0.4, -0.2) is 17.1 Å². The molecule has 2 saturated carbocycles. The molecule has 4 atom stereocenters. The van der Waals surface area contributed by atoms with Crippen LogP contribution >= 0.6 is 0 Å². The van der Waals surface area contributed by atoms with Gasteiger partial charge in [-0.05, 0) is 60.0 Å². The highest BCUT2D eigenvalue weighted by molar-refractivity contribution is 6.31. The Labute approximate surface area is 162 Å². The number of nitrogens with one attached hydrogen (secondary N) is 1. The number of carbonyl (C=O) groups excluding carboxylic acids is 1. The molecular weight excluding hydrogens is 334 g/mol. The summed E-state index contributed by atoms with van der Waals surface area (Å²) in [4.78, 5) is 12.5. The minimum Gasteiger partial charge on any atom is -0.389 e. The first kappa shape index (κ1) is 18.5. The summed E-state index contributed by atoms with van der Waals surface area (Å²) >= 11 is 0. The molecule has 2 aliphatic carbocycles. The van der Waals surface area contributed by atoms with Crippen LogP contribution in [0.3, 0.4) is 0 Å². The number of allylic oxidation sites excluding steroid dienone is 1. The van der Waals surface area contributed by atoms with Crippen LogP contribution in [0, 0.1) is 22.7 Å². The van der Waals surface area contributed by atoms with Crippen molar-refractivity contribution in [1.82, 2.24) is 0 Å². The number of aliphatic hydroxyl groups excluding tert-OH is 1. The lowest BCUT2D eigenvalue weighted by molar-refractivity contribution is -0.110. The number of anilines is 1. The van der Waals surface area contributed by atoms with Gasteiger partial charge in [-0.3, -0.25) is 4.79 Å². The molecule has 1 aliphatic heterocycles. The van der Waals surface area contributed by atoms with Crippen LogP contribution < -0.4 is 5.32 Å². The molecule has 2 fully saturated rings. The molecule has 4 rings (SSSR count). The number of hydrogen-bond donors (Lipinski definition) is 2. The zero-order valence-corrected chi connectivity index (χ0v) is 16.7. The molecule has 3 heteroatoms. The van der Waals surface area contributed by atoms with Crippen molar-refractivity contribution >= 4 is 17.2 Å². The van der Waals surface area contributed by atoms with Crippen molar-refractivity contribution in [2.75, 3.05) is 5.32 Å². The Morgan fingerprint density at radius 1 is 1.26 bits per heavy atom. The molecule has 3 aliphatic rings. The van der Waals surface area contributed by atoms with E-state index in [0.717, 1.165) is 35.2 Å². The van der Waals surface area contributed by atoms with Crippen LogP contribution in [0.2, 0.25) is 0 Å². The maximum Gasteiger partial charge on any atom is 0.256 e. The van der Waals surface area contributed by atoms with E-state index in [-0.39, 0.29) is 22.7 Å². The van der Waals surface area contributed by atoms with Gasteiger partial charge in [-0.2, -0.15) is 0 Å². The van der Waals surface area contributed by atoms with E-state index < -0.39 is 6.10 Å². The average Bonchev–Trinajstić information content (AvgIpc) is 2.92. The average molecular weight is 366 g/mol. The molecular formula is C24H31NO2. The lowest BCUT2D eigenvalue weighted by Crippen LogP contribution is -2.52. The predicted molar refractivity (Wildman–Crippen MR) is 110 cm³/mol. The van der Waals surface area contributed by atoms with Crippen molar-refractivity contribution in [2.45, 2.75) is 59.0 Å². The molecule has 1 aromatic rings. The molecule has 0 saturated heterocycles. The molecule has 0 radical (unpaired) electrons. The molecule has 2 N–H and O–H groups in total. The first-order chi connectivity index (χ1) is 12.7. The summed E-state index contributed by atoms with van der Waals surface area (Å²) in [5.41, 5.74) is 3.94. The summed E-state index contributed by atoms with van der Waals surface area (Å²) in [5, 5.41) is 13.7. The van der Waals surface area contributed by atoms with Gasteiger partial charge in [0.15, 0.2) is 0 Å². The molecule has 0 unspecified atom stereocenters. The van der Waals surface area contributed by atoms with Crippen molar-refractivity contribution in [3.05, 3.63) is 48.1 Å². The van der Waals surface area contributed by atoms with Gasteiger partial charge < -0.3 is 10.4 Å². The second-order valence-corrected chi connectivity index (χ2v) is 9.63. The van der Waals surface area contributed by atoms with Crippen LogP contribution in [0.5, 0.6) is 0 Å². The van der Waals surface area contributed by atoms with E-state index in [1.165, 1.54) is 19.3 Å². The van der Waals surface area contributed by atoms with Gasteiger partial charge >= 0.3 is 0 Å². The normalized spacial score (nSPS) is 36.3. The molecule has 0 aromatic heterocycles. The molecule has 0 bridgehead atoms. The molecule has 3 nitrogen and oxygen atoms in total. The van der Waals surface area contributed by atoms with Gasteiger partial charge in [0, 0.05) is 16.8 Å². The summed E-state index contributed by atoms with van der Waals surface area (Å²) in [7, 11) is 0.